The molecule has 8 nitrogen and oxygen atoms in total. The minimum atomic E-state index is -1.13. The molecule has 2 unspecified atom stereocenters. The van der Waals surface area contributed by atoms with Crippen LogP contribution in [0.3, 0.4) is 0 Å². The van der Waals surface area contributed by atoms with Crippen molar-refractivity contribution in [2.75, 3.05) is 41.0 Å². The second-order valence-electron chi connectivity index (χ2n) is 16.6. The summed E-state index contributed by atoms with van der Waals surface area (Å²) >= 11 is 0. The van der Waals surface area contributed by atoms with Gasteiger partial charge in [0.25, 0.3) is 0 Å². The van der Waals surface area contributed by atoms with Crippen molar-refractivity contribution in [2.45, 2.75) is 193 Å². The largest absolute Gasteiger partial charge is 0.544 e. The lowest BCUT2D eigenvalue weighted by Gasteiger charge is -2.34. The number of unbranched alkanes of at least 4 members (excludes halogenated alkanes) is 17. The first-order valence-corrected chi connectivity index (χ1v) is 23.5. The van der Waals surface area contributed by atoms with Gasteiger partial charge in [-0.2, -0.15) is 0 Å². The van der Waals surface area contributed by atoms with Crippen LogP contribution in [0.25, 0.3) is 0 Å². The van der Waals surface area contributed by atoms with Gasteiger partial charge >= 0.3 is 11.9 Å². The average Bonchev–Trinajstić information content (AvgIpc) is 3.19. The normalized spacial score (nSPS) is 13.6. The molecular weight excluding hydrogens is 739 g/mol. The van der Waals surface area contributed by atoms with E-state index in [9.17, 15) is 19.5 Å². The van der Waals surface area contributed by atoms with E-state index in [4.69, 9.17) is 14.2 Å². The monoisotopic (exact) mass is 826 g/mol. The number of carbonyl (C=O) groups excluding carboxylic acids is 3. The van der Waals surface area contributed by atoms with E-state index in [1.165, 1.54) is 70.6 Å². The minimum Gasteiger partial charge on any atom is -0.544 e. The highest BCUT2D eigenvalue weighted by Crippen LogP contribution is 2.14. The molecule has 0 aliphatic heterocycles. The summed E-state index contributed by atoms with van der Waals surface area (Å²) in [4.78, 5) is 36.9. The third kappa shape index (κ3) is 40.0. The summed E-state index contributed by atoms with van der Waals surface area (Å²) in [6.07, 6.45) is 52.1. The average molecular weight is 826 g/mol. The molecule has 0 rings (SSSR count). The van der Waals surface area contributed by atoms with E-state index in [-0.39, 0.29) is 42.7 Å². The first kappa shape index (κ1) is 55.8. The van der Waals surface area contributed by atoms with Crippen molar-refractivity contribution in [1.29, 1.82) is 0 Å². The first-order valence-electron chi connectivity index (χ1n) is 23.5. The Kier molecular flexibility index (Phi) is 39.2. The summed E-state index contributed by atoms with van der Waals surface area (Å²) in [6.45, 7) is 4.40. The maximum Gasteiger partial charge on any atom is 0.306 e. The molecule has 0 spiro atoms. The maximum absolute atomic E-state index is 12.7. The molecule has 0 aromatic carbocycles. The van der Waals surface area contributed by atoms with Crippen LogP contribution in [0.4, 0.5) is 0 Å². The van der Waals surface area contributed by atoms with E-state index >= 15 is 0 Å². The van der Waals surface area contributed by atoms with Gasteiger partial charge in [-0.15, -0.1) is 0 Å². The molecule has 0 bridgehead atoms. The predicted octanol–water partition coefficient (Wildman–Crippen LogP) is 11.8. The van der Waals surface area contributed by atoms with Crippen molar-refractivity contribution in [3.63, 3.8) is 0 Å². The Balaban J connectivity index is 4.29. The molecule has 0 fully saturated rings. The van der Waals surface area contributed by atoms with Gasteiger partial charge in [-0.3, -0.25) is 9.59 Å². The molecule has 0 aromatic rings. The lowest BCUT2D eigenvalue weighted by molar-refractivity contribution is -0.889. The molecule has 8 heteroatoms. The van der Waals surface area contributed by atoms with Gasteiger partial charge in [0, 0.05) is 19.3 Å². The quantitative estimate of drug-likeness (QED) is 0.0199. The van der Waals surface area contributed by atoms with Gasteiger partial charge in [0.2, 0.25) is 0 Å². The van der Waals surface area contributed by atoms with E-state index in [0.717, 1.165) is 77.0 Å². The molecular formula is C51H87NO7. The zero-order chi connectivity index (χ0) is 43.5. The molecule has 59 heavy (non-hydrogen) atoms. The standard InChI is InChI=1S/C51H87NO7/c1-6-8-10-12-14-16-18-20-22-23-24-25-26-28-29-31-33-35-37-39-41-49(53)58-46-47(45-57-44-43-48(51(55)56)52(3,4)5)59-50(54)42-40-38-36-34-32-30-27-21-19-17-15-13-11-9-7-2/h8-11,13-17,19-20,22,47-48H,6-7,12,18,21,23-46H2,1-5H3/b10-8+,11-9+,15-13+,16-14+,19-17+,22-20+. The Morgan fingerprint density at radius 1 is 0.525 bits per heavy atom. The van der Waals surface area contributed by atoms with Crippen LogP contribution in [-0.2, 0) is 28.6 Å². The Labute approximate surface area is 361 Å². The number of carboxylic acids is 1. The van der Waals surface area contributed by atoms with Crippen LogP contribution in [0.15, 0.2) is 72.9 Å². The predicted molar refractivity (Wildman–Crippen MR) is 245 cm³/mol. The van der Waals surface area contributed by atoms with Crippen LogP contribution in [0.2, 0.25) is 0 Å². The summed E-state index contributed by atoms with van der Waals surface area (Å²) in [5.41, 5.74) is 0. The molecule has 0 aromatic heterocycles. The van der Waals surface area contributed by atoms with Crippen molar-refractivity contribution in [2.24, 2.45) is 0 Å². The van der Waals surface area contributed by atoms with E-state index < -0.39 is 18.1 Å². The third-order valence-corrected chi connectivity index (χ3v) is 10.1. The van der Waals surface area contributed by atoms with Crippen molar-refractivity contribution in [3.05, 3.63) is 72.9 Å². The Bertz CT molecular complexity index is 1190. The van der Waals surface area contributed by atoms with Gasteiger partial charge in [0.15, 0.2) is 6.10 Å². The van der Waals surface area contributed by atoms with Crippen molar-refractivity contribution < 1.29 is 38.2 Å². The smallest absolute Gasteiger partial charge is 0.306 e. The highest BCUT2D eigenvalue weighted by Gasteiger charge is 2.25. The van der Waals surface area contributed by atoms with Gasteiger partial charge in [-0.05, 0) is 64.2 Å². The molecule has 0 amide bonds. The van der Waals surface area contributed by atoms with Crippen molar-refractivity contribution in [1.82, 2.24) is 0 Å². The van der Waals surface area contributed by atoms with Crippen LogP contribution < -0.4 is 5.11 Å². The summed E-state index contributed by atoms with van der Waals surface area (Å²) < 4.78 is 17.2. The summed E-state index contributed by atoms with van der Waals surface area (Å²) in [7, 11) is 5.40. The second kappa shape index (κ2) is 41.5. The number of esters is 2. The van der Waals surface area contributed by atoms with Crippen LogP contribution in [-0.4, -0.2) is 75.5 Å². The van der Waals surface area contributed by atoms with Gasteiger partial charge in [-0.1, -0.05) is 170 Å². The van der Waals surface area contributed by atoms with E-state index in [1.54, 1.807) is 21.1 Å². The fourth-order valence-corrected chi connectivity index (χ4v) is 6.56. The molecule has 0 radical (unpaired) electrons. The topological polar surface area (TPSA) is 102 Å². The Morgan fingerprint density at radius 3 is 1.51 bits per heavy atom. The molecule has 2 atom stereocenters. The van der Waals surface area contributed by atoms with E-state index in [0.29, 0.717) is 12.8 Å². The number of quaternary nitrogens is 1. The van der Waals surface area contributed by atoms with E-state index in [2.05, 4.69) is 86.8 Å². The highest BCUT2D eigenvalue weighted by atomic mass is 16.6. The van der Waals surface area contributed by atoms with Gasteiger partial charge in [-0.25, -0.2) is 0 Å². The third-order valence-electron chi connectivity index (χ3n) is 10.1. The number of likely N-dealkylation sites (N-methyl/N-ethyl adjacent to an activating group) is 1. The zero-order valence-electron chi connectivity index (χ0n) is 38.4. The number of nitrogens with zero attached hydrogens (tertiary/aromatic N) is 1. The number of rotatable bonds is 41. The lowest BCUT2D eigenvalue weighted by atomic mass is 10.1. The molecule has 0 aliphatic carbocycles. The summed E-state index contributed by atoms with van der Waals surface area (Å²) in [5, 5.41) is 11.6. The summed E-state index contributed by atoms with van der Waals surface area (Å²) in [5.74, 6) is -1.76. The van der Waals surface area contributed by atoms with Crippen LogP contribution >= 0.6 is 0 Å². The van der Waals surface area contributed by atoms with Crippen molar-refractivity contribution >= 4 is 17.9 Å². The number of carboxylic acid groups (broad SMARTS) is 1. The molecule has 0 saturated heterocycles. The number of ether oxygens (including phenoxy) is 3. The van der Waals surface area contributed by atoms with Gasteiger partial charge in [0.05, 0.1) is 40.3 Å². The SMILES string of the molecule is CC/C=C/C=C/C=C/CCCCCCCCCC(=O)OC(COCCC(C(=O)[O-])[N+](C)(C)C)COC(=O)CCCCCCCCCCCC/C=C/C/C=C/C/C=C/CC. The number of hydrogen-bond acceptors (Lipinski definition) is 7. The molecule has 0 saturated carbocycles. The number of aliphatic carboxylic acids is 1. The second-order valence-corrected chi connectivity index (χ2v) is 16.6. The fourth-order valence-electron chi connectivity index (χ4n) is 6.56. The van der Waals surface area contributed by atoms with Crippen LogP contribution in [0.5, 0.6) is 0 Å². The molecule has 0 N–H and O–H groups in total. The fraction of sp³-hybridized carbons (Fsp3) is 0.706. The number of allylic oxidation sites excluding steroid dienone is 12. The minimum absolute atomic E-state index is 0.0316. The van der Waals surface area contributed by atoms with Crippen LogP contribution in [0.1, 0.15) is 181 Å². The number of hydrogen-bond donors (Lipinski definition) is 0. The van der Waals surface area contributed by atoms with Crippen LogP contribution in [0, 0.1) is 0 Å². The Morgan fingerprint density at radius 2 is 0.983 bits per heavy atom. The highest BCUT2D eigenvalue weighted by molar-refractivity contribution is 5.70. The molecule has 338 valence electrons. The molecule has 0 heterocycles. The molecule has 0 aliphatic rings. The van der Waals surface area contributed by atoms with Crippen molar-refractivity contribution in [3.8, 4) is 0 Å². The van der Waals surface area contributed by atoms with Gasteiger partial charge < -0.3 is 28.6 Å². The Hall–Kier alpha value is -3.23. The number of carbonyl (C=O) groups is 3. The first-order chi connectivity index (χ1) is 28.6. The maximum atomic E-state index is 12.7. The lowest BCUT2D eigenvalue weighted by Crippen LogP contribution is -2.55. The summed E-state index contributed by atoms with van der Waals surface area (Å²) in [6, 6.07) is -0.731. The zero-order valence-corrected chi connectivity index (χ0v) is 38.4. The van der Waals surface area contributed by atoms with Gasteiger partial charge in [0.1, 0.15) is 12.6 Å². The van der Waals surface area contributed by atoms with E-state index in [1.807, 2.05) is 0 Å².